The fraction of sp³-hybridized carbons (Fsp3) is 0.280. The lowest BCUT2D eigenvalue weighted by atomic mass is 9.91. The van der Waals surface area contributed by atoms with Gasteiger partial charge in [0.25, 0.3) is 5.91 Å². The van der Waals surface area contributed by atoms with E-state index in [4.69, 9.17) is 21.2 Å². The largest absolute Gasteiger partial charge is 0.496 e. The number of rotatable bonds is 7. The maximum absolute atomic E-state index is 12.0. The number of methoxy groups -OCH3 is 1. The summed E-state index contributed by atoms with van der Waals surface area (Å²) >= 11 is 0. The first-order valence-electron chi connectivity index (χ1n) is 10.9. The van der Waals surface area contributed by atoms with Crippen LogP contribution in [0.4, 0.5) is 17.2 Å². The van der Waals surface area contributed by atoms with Gasteiger partial charge in [0.2, 0.25) is 0 Å². The summed E-state index contributed by atoms with van der Waals surface area (Å²) in [5, 5.41) is 6.79. The van der Waals surface area contributed by atoms with Crippen LogP contribution in [0.5, 0.6) is 5.75 Å². The van der Waals surface area contributed by atoms with Crippen molar-refractivity contribution in [1.29, 1.82) is 0 Å². The zero-order valence-electron chi connectivity index (χ0n) is 18.2. The van der Waals surface area contributed by atoms with E-state index in [9.17, 15) is 4.79 Å². The molecule has 0 aliphatic heterocycles. The molecule has 2 aromatic carbocycles. The van der Waals surface area contributed by atoms with Crippen molar-refractivity contribution in [1.82, 2.24) is 4.98 Å². The molecule has 2 atom stereocenters. The number of carbonyl (C=O) groups is 1. The summed E-state index contributed by atoms with van der Waals surface area (Å²) < 4.78 is 5.46. The van der Waals surface area contributed by atoms with Gasteiger partial charge in [0.05, 0.1) is 24.1 Å². The maximum atomic E-state index is 12.0. The van der Waals surface area contributed by atoms with E-state index in [2.05, 4.69) is 10.6 Å². The summed E-state index contributed by atoms with van der Waals surface area (Å²) in [5.74, 6) is 0.835. The number of primary amides is 1. The summed E-state index contributed by atoms with van der Waals surface area (Å²) in [5.41, 5.74) is 15.4. The second-order valence-electron chi connectivity index (χ2n) is 8.06. The Hall–Kier alpha value is -3.58. The summed E-state index contributed by atoms with van der Waals surface area (Å²) in [6.07, 6.45) is 4.38. The average Bonchev–Trinajstić information content (AvgIpc) is 2.81. The molecule has 7 heteroatoms. The second kappa shape index (κ2) is 9.70. The number of para-hydroxylation sites is 1. The third kappa shape index (κ3) is 4.84. The third-order valence-corrected chi connectivity index (χ3v) is 5.85. The highest BCUT2D eigenvalue weighted by molar-refractivity contribution is 5.99. The van der Waals surface area contributed by atoms with Crippen molar-refractivity contribution < 1.29 is 9.53 Å². The Labute approximate surface area is 188 Å². The highest BCUT2D eigenvalue weighted by Crippen LogP contribution is 2.31. The molecule has 32 heavy (non-hydrogen) atoms. The van der Waals surface area contributed by atoms with E-state index in [0.717, 1.165) is 42.0 Å². The number of nitrogens with one attached hydrogen (secondary N) is 2. The Morgan fingerprint density at radius 2 is 1.88 bits per heavy atom. The van der Waals surface area contributed by atoms with Gasteiger partial charge in [-0.25, -0.2) is 4.98 Å². The highest BCUT2D eigenvalue weighted by atomic mass is 16.5. The molecule has 0 unspecified atom stereocenters. The van der Waals surface area contributed by atoms with Crippen molar-refractivity contribution in [2.75, 3.05) is 17.7 Å². The predicted octanol–water partition coefficient (Wildman–Crippen LogP) is 4.28. The van der Waals surface area contributed by atoms with Crippen LogP contribution in [-0.4, -0.2) is 30.1 Å². The van der Waals surface area contributed by atoms with E-state index < -0.39 is 5.91 Å². The first-order valence-corrected chi connectivity index (χ1v) is 10.9. The monoisotopic (exact) mass is 431 g/mol. The molecule has 6 N–H and O–H groups in total. The normalized spacial score (nSPS) is 18.1. The van der Waals surface area contributed by atoms with Gasteiger partial charge >= 0.3 is 0 Å². The minimum atomic E-state index is -0.505. The molecule has 3 aromatic rings. The maximum Gasteiger partial charge on any atom is 0.250 e. The van der Waals surface area contributed by atoms with E-state index >= 15 is 0 Å². The molecule has 1 aliphatic carbocycles. The Balaban J connectivity index is 1.62. The molecule has 1 heterocycles. The quantitative estimate of drug-likeness (QED) is 0.444. The van der Waals surface area contributed by atoms with E-state index in [0.29, 0.717) is 17.1 Å². The summed E-state index contributed by atoms with van der Waals surface area (Å²) in [7, 11) is 1.64. The Morgan fingerprint density at radius 1 is 1.06 bits per heavy atom. The van der Waals surface area contributed by atoms with Crippen molar-refractivity contribution >= 4 is 23.1 Å². The highest BCUT2D eigenvalue weighted by Gasteiger charge is 2.22. The first-order chi connectivity index (χ1) is 15.5. The number of ether oxygens (including phenoxy) is 1. The molecular formula is C25H29N5O2. The van der Waals surface area contributed by atoms with Gasteiger partial charge in [-0.1, -0.05) is 31.0 Å². The minimum Gasteiger partial charge on any atom is -0.496 e. The lowest BCUT2D eigenvalue weighted by molar-refractivity contribution is 0.100. The summed E-state index contributed by atoms with van der Waals surface area (Å²) in [6, 6.07) is 19.2. The van der Waals surface area contributed by atoms with Crippen molar-refractivity contribution in [2.45, 2.75) is 37.8 Å². The molecule has 166 valence electrons. The van der Waals surface area contributed by atoms with Gasteiger partial charge in [0.15, 0.2) is 0 Å². The fourth-order valence-corrected chi connectivity index (χ4v) is 4.15. The molecule has 7 nitrogen and oxygen atoms in total. The van der Waals surface area contributed by atoms with Crippen molar-refractivity contribution in [3.63, 3.8) is 0 Å². The van der Waals surface area contributed by atoms with Crippen molar-refractivity contribution in [2.24, 2.45) is 11.5 Å². The van der Waals surface area contributed by atoms with Gasteiger partial charge in [0, 0.05) is 23.3 Å². The molecule has 1 amide bonds. The molecular weight excluding hydrogens is 402 g/mol. The number of aromatic nitrogens is 1. The van der Waals surface area contributed by atoms with Crippen LogP contribution in [0.25, 0.3) is 11.3 Å². The number of pyridine rings is 1. The van der Waals surface area contributed by atoms with E-state index in [1.165, 1.54) is 6.42 Å². The number of amides is 1. The number of benzene rings is 2. The predicted molar refractivity (Wildman–Crippen MR) is 128 cm³/mol. The van der Waals surface area contributed by atoms with Gasteiger partial charge in [-0.2, -0.15) is 0 Å². The van der Waals surface area contributed by atoms with Crippen LogP contribution in [-0.2, 0) is 0 Å². The second-order valence-corrected chi connectivity index (χ2v) is 8.06. The lowest BCUT2D eigenvalue weighted by Gasteiger charge is -2.30. The van der Waals surface area contributed by atoms with Crippen LogP contribution in [0.15, 0.2) is 60.7 Å². The van der Waals surface area contributed by atoms with Crippen LogP contribution < -0.4 is 26.8 Å². The van der Waals surface area contributed by atoms with Crippen molar-refractivity contribution in [3.8, 4) is 17.0 Å². The first kappa shape index (κ1) is 21.6. The Morgan fingerprint density at radius 3 is 2.66 bits per heavy atom. The SMILES string of the molecule is COc1ccccc1-c1cccc(Nc2cc(N[C@H]3CCCC[C@H]3N)ccc2C(N)=O)n1. The van der Waals surface area contributed by atoms with E-state index in [1.54, 1.807) is 13.2 Å². The van der Waals surface area contributed by atoms with Crippen molar-refractivity contribution in [3.05, 3.63) is 66.2 Å². The molecule has 0 radical (unpaired) electrons. The molecule has 1 saturated carbocycles. The number of hydrogen-bond donors (Lipinski definition) is 4. The molecule has 0 saturated heterocycles. The lowest BCUT2D eigenvalue weighted by Crippen LogP contribution is -2.42. The van der Waals surface area contributed by atoms with Crippen LogP contribution in [0.1, 0.15) is 36.0 Å². The molecule has 1 aromatic heterocycles. The van der Waals surface area contributed by atoms with E-state index in [-0.39, 0.29) is 12.1 Å². The number of anilines is 3. The average molecular weight is 432 g/mol. The van der Waals surface area contributed by atoms with Gasteiger partial charge in [0.1, 0.15) is 11.6 Å². The van der Waals surface area contributed by atoms with Crippen LogP contribution in [0.2, 0.25) is 0 Å². The smallest absolute Gasteiger partial charge is 0.250 e. The number of nitrogens with two attached hydrogens (primary N) is 2. The van der Waals surface area contributed by atoms with E-state index in [1.807, 2.05) is 54.6 Å². The number of hydrogen-bond acceptors (Lipinski definition) is 6. The minimum absolute atomic E-state index is 0.121. The van der Waals surface area contributed by atoms with Crippen LogP contribution in [0.3, 0.4) is 0 Å². The molecule has 1 fully saturated rings. The summed E-state index contributed by atoms with van der Waals surface area (Å²) in [4.78, 5) is 16.8. The standard InChI is InChI=1S/C25H29N5O2/c1-32-23-11-5-2-7-17(23)20-10-6-12-24(29-20)30-22-15-16(13-14-18(22)25(27)31)28-21-9-4-3-8-19(21)26/h2,5-7,10-15,19,21,28H,3-4,8-9,26H2,1H3,(H2,27,31)(H,29,30)/t19-,21+/m1/s1. The molecule has 1 aliphatic rings. The van der Waals surface area contributed by atoms with Gasteiger partial charge in [-0.15, -0.1) is 0 Å². The molecule has 0 bridgehead atoms. The Kier molecular flexibility index (Phi) is 6.56. The number of carbonyl (C=O) groups excluding carboxylic acids is 1. The molecule has 4 rings (SSSR count). The number of nitrogens with zero attached hydrogens (tertiary/aromatic N) is 1. The van der Waals surface area contributed by atoms with Gasteiger partial charge < -0.3 is 26.8 Å². The third-order valence-electron chi connectivity index (χ3n) is 5.85. The van der Waals surface area contributed by atoms with Gasteiger partial charge in [-0.05, 0) is 55.3 Å². The van der Waals surface area contributed by atoms with Crippen LogP contribution >= 0.6 is 0 Å². The Bertz CT molecular complexity index is 1100. The van der Waals surface area contributed by atoms with Crippen LogP contribution in [0, 0.1) is 0 Å². The topological polar surface area (TPSA) is 115 Å². The zero-order valence-corrected chi connectivity index (χ0v) is 18.2. The zero-order chi connectivity index (χ0) is 22.5. The summed E-state index contributed by atoms with van der Waals surface area (Å²) in [6.45, 7) is 0. The molecule has 0 spiro atoms. The van der Waals surface area contributed by atoms with Gasteiger partial charge in [-0.3, -0.25) is 4.79 Å². The fourth-order valence-electron chi connectivity index (χ4n) is 4.15.